The molecule has 1 N–H and O–H groups in total. The molecular formula is C21H16N2O3. The van der Waals surface area contributed by atoms with E-state index in [2.05, 4.69) is 10.5 Å². The normalized spacial score (nSPS) is 10.7. The maximum atomic E-state index is 12.6. The largest absolute Gasteiger partial charge is 0.497 e. The molecule has 0 fully saturated rings. The molecule has 1 heterocycles. The number of anilines is 1. The fourth-order valence-corrected chi connectivity index (χ4v) is 2.76. The van der Waals surface area contributed by atoms with Crippen LogP contribution in [0.25, 0.3) is 22.2 Å². The Morgan fingerprint density at radius 3 is 2.50 bits per heavy atom. The summed E-state index contributed by atoms with van der Waals surface area (Å²) in [5.74, 6) is 1.19. The summed E-state index contributed by atoms with van der Waals surface area (Å²) < 4.78 is 10.6. The Bertz CT molecular complexity index is 1050. The van der Waals surface area contributed by atoms with Crippen LogP contribution in [0.2, 0.25) is 0 Å². The zero-order chi connectivity index (χ0) is 17.9. The van der Waals surface area contributed by atoms with E-state index in [9.17, 15) is 4.79 Å². The number of aromatic nitrogens is 1. The van der Waals surface area contributed by atoms with Crippen LogP contribution in [-0.2, 0) is 0 Å². The molecule has 0 bridgehead atoms. The third-order valence-corrected chi connectivity index (χ3v) is 4.12. The molecule has 0 unspecified atom stereocenters. The second kappa shape index (κ2) is 6.72. The summed E-state index contributed by atoms with van der Waals surface area (Å²) in [5.41, 5.74) is 2.87. The Morgan fingerprint density at radius 1 is 1.00 bits per heavy atom. The highest BCUT2D eigenvalue weighted by atomic mass is 16.5. The number of fused-ring (bicyclic) bond motifs is 1. The van der Waals surface area contributed by atoms with Crippen LogP contribution >= 0.6 is 0 Å². The van der Waals surface area contributed by atoms with E-state index in [1.165, 1.54) is 0 Å². The average Bonchev–Trinajstić information content (AvgIpc) is 3.12. The van der Waals surface area contributed by atoms with Crippen LogP contribution in [0.4, 0.5) is 5.69 Å². The molecule has 0 aliphatic carbocycles. The van der Waals surface area contributed by atoms with E-state index in [4.69, 9.17) is 9.26 Å². The first-order valence-corrected chi connectivity index (χ1v) is 8.15. The van der Waals surface area contributed by atoms with Crippen molar-refractivity contribution in [2.45, 2.75) is 0 Å². The predicted octanol–water partition coefficient (Wildman–Crippen LogP) is 4.76. The fraction of sp³-hybridized carbons (Fsp3) is 0.0476. The van der Waals surface area contributed by atoms with E-state index < -0.39 is 0 Å². The monoisotopic (exact) mass is 344 g/mol. The van der Waals surface area contributed by atoms with E-state index in [1.54, 1.807) is 49.6 Å². The minimum absolute atomic E-state index is 0.197. The van der Waals surface area contributed by atoms with E-state index in [0.717, 1.165) is 16.7 Å². The molecule has 5 heteroatoms. The zero-order valence-electron chi connectivity index (χ0n) is 14.1. The quantitative estimate of drug-likeness (QED) is 0.580. The summed E-state index contributed by atoms with van der Waals surface area (Å²) in [6, 6.07) is 22.2. The molecule has 4 rings (SSSR count). The minimum Gasteiger partial charge on any atom is -0.497 e. The lowest BCUT2D eigenvalue weighted by atomic mass is 10.1. The number of benzene rings is 3. The first-order valence-electron chi connectivity index (χ1n) is 8.15. The molecule has 5 nitrogen and oxygen atoms in total. The number of rotatable bonds is 4. The fourth-order valence-electron chi connectivity index (χ4n) is 2.76. The van der Waals surface area contributed by atoms with Gasteiger partial charge in [-0.25, -0.2) is 0 Å². The highest BCUT2D eigenvalue weighted by Crippen LogP contribution is 2.29. The van der Waals surface area contributed by atoms with Crippen molar-refractivity contribution in [3.63, 3.8) is 0 Å². The zero-order valence-corrected chi connectivity index (χ0v) is 14.1. The van der Waals surface area contributed by atoms with Gasteiger partial charge in [-0.3, -0.25) is 4.79 Å². The number of hydrogen-bond acceptors (Lipinski definition) is 4. The number of methoxy groups -OCH3 is 1. The Hall–Kier alpha value is -3.60. The van der Waals surface area contributed by atoms with Gasteiger partial charge >= 0.3 is 0 Å². The molecule has 0 saturated carbocycles. The second-order valence-corrected chi connectivity index (χ2v) is 5.79. The highest BCUT2D eigenvalue weighted by molar-refractivity contribution is 6.07. The first-order chi connectivity index (χ1) is 12.7. The summed E-state index contributed by atoms with van der Waals surface area (Å²) in [6.45, 7) is 0. The van der Waals surface area contributed by atoms with E-state index >= 15 is 0 Å². The highest BCUT2D eigenvalue weighted by Gasteiger charge is 2.14. The summed E-state index contributed by atoms with van der Waals surface area (Å²) >= 11 is 0. The molecule has 3 aromatic carbocycles. The molecule has 0 radical (unpaired) electrons. The number of carbonyl (C=O) groups is 1. The molecule has 128 valence electrons. The number of hydrogen-bond donors (Lipinski definition) is 1. The lowest BCUT2D eigenvalue weighted by Gasteiger charge is -2.06. The van der Waals surface area contributed by atoms with Gasteiger partial charge in [-0.15, -0.1) is 0 Å². The molecule has 1 aromatic heterocycles. The second-order valence-electron chi connectivity index (χ2n) is 5.79. The van der Waals surface area contributed by atoms with Crippen LogP contribution < -0.4 is 10.1 Å². The molecule has 0 spiro atoms. The third kappa shape index (κ3) is 3.02. The first kappa shape index (κ1) is 15.9. The van der Waals surface area contributed by atoms with Gasteiger partial charge in [0.2, 0.25) is 0 Å². The van der Waals surface area contributed by atoms with Crippen molar-refractivity contribution in [3.05, 3.63) is 78.4 Å². The van der Waals surface area contributed by atoms with Crippen molar-refractivity contribution in [1.82, 2.24) is 5.16 Å². The van der Waals surface area contributed by atoms with Crippen LogP contribution in [0, 0.1) is 0 Å². The van der Waals surface area contributed by atoms with Gasteiger partial charge in [0.25, 0.3) is 5.91 Å². The summed E-state index contributed by atoms with van der Waals surface area (Å²) in [4.78, 5) is 12.6. The summed E-state index contributed by atoms with van der Waals surface area (Å²) in [6.07, 6.45) is 0. The van der Waals surface area contributed by atoms with Crippen LogP contribution in [0.1, 0.15) is 10.4 Å². The summed E-state index contributed by atoms with van der Waals surface area (Å²) in [5, 5.41) is 7.76. The summed E-state index contributed by atoms with van der Waals surface area (Å²) in [7, 11) is 1.60. The maximum Gasteiger partial charge on any atom is 0.255 e. The average molecular weight is 344 g/mol. The van der Waals surface area contributed by atoms with Crippen molar-refractivity contribution < 1.29 is 14.1 Å². The lowest BCUT2D eigenvalue weighted by molar-refractivity contribution is 0.102. The molecule has 0 aliphatic rings. The van der Waals surface area contributed by atoms with Crippen LogP contribution in [-0.4, -0.2) is 18.2 Å². The van der Waals surface area contributed by atoms with E-state index in [1.807, 2.05) is 30.3 Å². The Kier molecular flexibility index (Phi) is 4.11. The number of carbonyl (C=O) groups excluding carboxylic acids is 1. The van der Waals surface area contributed by atoms with Crippen molar-refractivity contribution in [3.8, 4) is 17.1 Å². The molecular weight excluding hydrogens is 328 g/mol. The van der Waals surface area contributed by atoms with Crippen molar-refractivity contribution in [2.75, 3.05) is 12.4 Å². The van der Waals surface area contributed by atoms with Crippen LogP contribution in [0.3, 0.4) is 0 Å². The van der Waals surface area contributed by atoms with E-state index in [-0.39, 0.29) is 5.91 Å². The molecule has 4 aromatic rings. The van der Waals surface area contributed by atoms with Crippen LogP contribution in [0.5, 0.6) is 5.75 Å². The Labute approximate surface area is 150 Å². The van der Waals surface area contributed by atoms with Gasteiger partial charge in [-0.2, -0.15) is 0 Å². The van der Waals surface area contributed by atoms with Crippen molar-refractivity contribution >= 4 is 22.5 Å². The number of nitrogens with one attached hydrogen (secondary N) is 1. The molecule has 0 saturated heterocycles. The smallest absolute Gasteiger partial charge is 0.255 e. The SMILES string of the molecule is COc1ccc(NC(=O)c2ccc3noc(-c4ccccc4)c3c2)cc1. The molecule has 26 heavy (non-hydrogen) atoms. The van der Waals surface area contributed by atoms with Gasteiger partial charge in [0, 0.05) is 16.8 Å². The number of nitrogens with zero attached hydrogens (tertiary/aromatic N) is 1. The Balaban J connectivity index is 1.64. The van der Waals surface area contributed by atoms with Gasteiger partial charge in [0.1, 0.15) is 11.3 Å². The standard InChI is InChI=1S/C21H16N2O3/c1-25-17-10-8-16(9-11-17)22-21(24)15-7-12-19-18(13-15)20(26-23-19)14-5-3-2-4-6-14/h2-13H,1H3,(H,22,24). The Morgan fingerprint density at radius 2 is 1.77 bits per heavy atom. The maximum absolute atomic E-state index is 12.6. The molecule has 0 aliphatic heterocycles. The predicted molar refractivity (Wildman–Crippen MR) is 100 cm³/mol. The van der Waals surface area contributed by atoms with Crippen molar-refractivity contribution in [1.29, 1.82) is 0 Å². The number of amides is 1. The van der Waals surface area contributed by atoms with Gasteiger partial charge in [0.15, 0.2) is 5.76 Å². The van der Waals surface area contributed by atoms with E-state index in [0.29, 0.717) is 22.5 Å². The van der Waals surface area contributed by atoms with Gasteiger partial charge in [0.05, 0.1) is 12.5 Å². The van der Waals surface area contributed by atoms with Crippen LogP contribution in [0.15, 0.2) is 77.3 Å². The molecule has 0 atom stereocenters. The minimum atomic E-state index is -0.197. The van der Waals surface area contributed by atoms with Crippen molar-refractivity contribution in [2.24, 2.45) is 0 Å². The van der Waals surface area contributed by atoms with Gasteiger partial charge in [-0.1, -0.05) is 35.5 Å². The lowest BCUT2D eigenvalue weighted by Crippen LogP contribution is -2.11. The topological polar surface area (TPSA) is 64.4 Å². The third-order valence-electron chi connectivity index (χ3n) is 4.12. The van der Waals surface area contributed by atoms with Gasteiger partial charge in [-0.05, 0) is 42.5 Å². The molecule has 1 amide bonds. The number of ether oxygens (including phenoxy) is 1. The van der Waals surface area contributed by atoms with Gasteiger partial charge < -0.3 is 14.6 Å².